The Morgan fingerprint density at radius 1 is 1.23 bits per heavy atom. The molecule has 0 bridgehead atoms. The summed E-state index contributed by atoms with van der Waals surface area (Å²) in [6, 6.07) is 5.88. The standard InChI is InChI=1S/C14H15ClFN3O2S/c15-12-3-1-4-13(16)14(12)22(20,21)18-9-5-11(6-10-18)19-8-2-7-17-19/h1-4,7-8,11H,5-6,9-10H2. The van der Waals surface area contributed by atoms with E-state index in [2.05, 4.69) is 5.10 Å². The molecule has 0 spiro atoms. The molecule has 0 amide bonds. The van der Waals surface area contributed by atoms with Crippen molar-refractivity contribution in [2.24, 2.45) is 0 Å². The first-order valence-corrected chi connectivity index (χ1v) is 8.75. The highest BCUT2D eigenvalue weighted by molar-refractivity contribution is 7.89. The van der Waals surface area contributed by atoms with E-state index in [1.807, 2.05) is 16.9 Å². The van der Waals surface area contributed by atoms with Crippen LogP contribution in [0.3, 0.4) is 0 Å². The van der Waals surface area contributed by atoms with Gasteiger partial charge < -0.3 is 0 Å². The summed E-state index contributed by atoms with van der Waals surface area (Å²) < 4.78 is 42.2. The zero-order chi connectivity index (χ0) is 15.7. The molecule has 0 radical (unpaired) electrons. The van der Waals surface area contributed by atoms with E-state index in [1.54, 1.807) is 6.20 Å². The van der Waals surface area contributed by atoms with Gasteiger partial charge in [0.15, 0.2) is 0 Å². The Hall–Kier alpha value is -1.44. The summed E-state index contributed by atoms with van der Waals surface area (Å²) in [4.78, 5) is -0.436. The topological polar surface area (TPSA) is 55.2 Å². The molecule has 0 unspecified atom stereocenters. The number of hydrogen-bond donors (Lipinski definition) is 0. The van der Waals surface area contributed by atoms with Gasteiger partial charge in [-0.2, -0.15) is 9.40 Å². The van der Waals surface area contributed by atoms with Crippen LogP contribution in [-0.2, 0) is 10.0 Å². The highest BCUT2D eigenvalue weighted by atomic mass is 35.5. The zero-order valence-electron chi connectivity index (χ0n) is 11.7. The first-order valence-electron chi connectivity index (χ1n) is 6.93. The van der Waals surface area contributed by atoms with E-state index < -0.39 is 20.7 Å². The molecule has 1 aliphatic rings. The van der Waals surface area contributed by atoms with Crippen LogP contribution in [0.2, 0.25) is 5.02 Å². The third-order valence-electron chi connectivity index (χ3n) is 3.84. The van der Waals surface area contributed by atoms with E-state index in [9.17, 15) is 12.8 Å². The van der Waals surface area contributed by atoms with E-state index in [0.717, 1.165) is 6.07 Å². The molecule has 0 atom stereocenters. The molecule has 1 aromatic heterocycles. The van der Waals surface area contributed by atoms with Crippen LogP contribution in [0.5, 0.6) is 0 Å². The first-order chi connectivity index (χ1) is 10.5. The number of halogens is 2. The summed E-state index contributed by atoms with van der Waals surface area (Å²) in [7, 11) is -3.92. The van der Waals surface area contributed by atoms with Crippen molar-refractivity contribution in [2.75, 3.05) is 13.1 Å². The Morgan fingerprint density at radius 2 is 1.95 bits per heavy atom. The summed E-state index contributed by atoms with van der Waals surface area (Å²) in [5.74, 6) is -0.818. The van der Waals surface area contributed by atoms with Gasteiger partial charge in [0.1, 0.15) is 10.7 Å². The number of rotatable bonds is 3. The van der Waals surface area contributed by atoms with Crippen LogP contribution < -0.4 is 0 Å². The lowest BCUT2D eigenvalue weighted by molar-refractivity contribution is 0.260. The fraction of sp³-hybridized carbons (Fsp3) is 0.357. The van der Waals surface area contributed by atoms with Gasteiger partial charge in [0.05, 0.1) is 11.1 Å². The van der Waals surface area contributed by atoms with E-state index >= 15 is 0 Å². The van der Waals surface area contributed by atoms with Gasteiger partial charge in [0.2, 0.25) is 10.0 Å². The quantitative estimate of drug-likeness (QED) is 0.861. The lowest BCUT2D eigenvalue weighted by Gasteiger charge is -2.31. The summed E-state index contributed by atoms with van der Waals surface area (Å²) >= 11 is 5.88. The van der Waals surface area contributed by atoms with Crippen molar-refractivity contribution in [1.82, 2.24) is 14.1 Å². The molecule has 3 rings (SSSR count). The molecule has 2 aromatic rings. The van der Waals surface area contributed by atoms with E-state index in [4.69, 9.17) is 11.6 Å². The van der Waals surface area contributed by atoms with Crippen LogP contribution in [0.15, 0.2) is 41.6 Å². The van der Waals surface area contributed by atoms with Crippen molar-refractivity contribution < 1.29 is 12.8 Å². The molecule has 5 nitrogen and oxygen atoms in total. The summed E-state index contributed by atoms with van der Waals surface area (Å²) in [6.45, 7) is 0.634. The van der Waals surface area contributed by atoms with E-state index in [-0.39, 0.29) is 11.1 Å². The van der Waals surface area contributed by atoms with E-state index in [0.29, 0.717) is 25.9 Å². The Bertz CT molecular complexity index is 736. The average Bonchev–Trinajstić information content (AvgIpc) is 3.01. The normalized spacial score (nSPS) is 17.7. The van der Waals surface area contributed by atoms with Gasteiger partial charge in [-0.3, -0.25) is 4.68 Å². The second kappa shape index (κ2) is 5.98. The summed E-state index contributed by atoms with van der Waals surface area (Å²) in [6.07, 6.45) is 4.82. The van der Waals surface area contributed by atoms with Gasteiger partial charge in [0, 0.05) is 25.5 Å². The largest absolute Gasteiger partial charge is 0.270 e. The molecule has 22 heavy (non-hydrogen) atoms. The van der Waals surface area contributed by atoms with Crippen LogP contribution >= 0.6 is 11.6 Å². The predicted octanol–water partition coefficient (Wildman–Crippen LogP) is 2.70. The van der Waals surface area contributed by atoms with Crippen molar-refractivity contribution in [1.29, 1.82) is 0 Å². The maximum absolute atomic E-state index is 13.9. The van der Waals surface area contributed by atoms with Gasteiger partial charge in [0.25, 0.3) is 0 Å². The second-order valence-electron chi connectivity index (χ2n) is 5.17. The van der Waals surface area contributed by atoms with Gasteiger partial charge in [-0.1, -0.05) is 17.7 Å². The fourth-order valence-electron chi connectivity index (χ4n) is 2.70. The van der Waals surface area contributed by atoms with Crippen molar-refractivity contribution in [3.8, 4) is 0 Å². The van der Waals surface area contributed by atoms with Gasteiger partial charge in [-0.05, 0) is 31.0 Å². The Balaban J connectivity index is 1.81. The minimum absolute atomic E-state index is 0.0887. The highest BCUT2D eigenvalue weighted by Crippen LogP contribution is 2.31. The molecule has 118 valence electrons. The molecule has 0 saturated carbocycles. The molecule has 1 saturated heterocycles. The number of benzene rings is 1. The molecular weight excluding hydrogens is 329 g/mol. The van der Waals surface area contributed by atoms with Crippen molar-refractivity contribution in [3.63, 3.8) is 0 Å². The van der Waals surface area contributed by atoms with Crippen molar-refractivity contribution >= 4 is 21.6 Å². The number of piperidine rings is 1. The number of nitrogens with zero attached hydrogens (tertiary/aromatic N) is 3. The fourth-order valence-corrected chi connectivity index (χ4v) is 4.74. The molecule has 1 aliphatic heterocycles. The maximum atomic E-state index is 13.9. The smallest absolute Gasteiger partial charge is 0.247 e. The number of aromatic nitrogens is 2. The molecule has 2 heterocycles. The number of sulfonamides is 1. The minimum Gasteiger partial charge on any atom is -0.270 e. The SMILES string of the molecule is O=S(=O)(c1c(F)cccc1Cl)N1CCC(n2cccn2)CC1. The lowest BCUT2D eigenvalue weighted by atomic mass is 10.1. The molecule has 0 N–H and O–H groups in total. The monoisotopic (exact) mass is 343 g/mol. The minimum atomic E-state index is -3.92. The zero-order valence-corrected chi connectivity index (χ0v) is 13.3. The third-order valence-corrected chi connectivity index (χ3v) is 6.24. The summed E-state index contributed by atoms with van der Waals surface area (Å²) in [5.41, 5.74) is 0. The Labute approximate surface area is 133 Å². The third kappa shape index (κ3) is 2.76. The van der Waals surface area contributed by atoms with Gasteiger partial charge >= 0.3 is 0 Å². The van der Waals surface area contributed by atoms with Crippen molar-refractivity contribution in [2.45, 2.75) is 23.8 Å². The molecule has 8 heteroatoms. The lowest BCUT2D eigenvalue weighted by Crippen LogP contribution is -2.39. The maximum Gasteiger partial charge on any atom is 0.247 e. The van der Waals surface area contributed by atoms with Gasteiger partial charge in [-0.25, -0.2) is 12.8 Å². The van der Waals surface area contributed by atoms with E-state index in [1.165, 1.54) is 16.4 Å². The molecule has 0 aliphatic carbocycles. The van der Waals surface area contributed by atoms with Crippen LogP contribution in [0.4, 0.5) is 4.39 Å². The second-order valence-corrected chi connectivity index (χ2v) is 7.45. The molecule has 1 aromatic carbocycles. The average molecular weight is 344 g/mol. The molecule has 1 fully saturated rings. The Morgan fingerprint density at radius 3 is 2.55 bits per heavy atom. The van der Waals surface area contributed by atoms with Gasteiger partial charge in [-0.15, -0.1) is 0 Å². The Kier molecular flexibility index (Phi) is 4.20. The number of hydrogen-bond acceptors (Lipinski definition) is 3. The van der Waals surface area contributed by atoms with Crippen LogP contribution in [0, 0.1) is 5.82 Å². The first kappa shape index (κ1) is 15.5. The molecular formula is C14H15ClFN3O2S. The predicted molar refractivity (Wildman–Crippen MR) is 80.7 cm³/mol. The highest BCUT2D eigenvalue weighted by Gasteiger charge is 2.33. The van der Waals surface area contributed by atoms with Crippen LogP contribution in [-0.4, -0.2) is 35.6 Å². The van der Waals surface area contributed by atoms with Crippen LogP contribution in [0.1, 0.15) is 18.9 Å². The summed E-state index contributed by atoms with van der Waals surface area (Å²) in [5, 5.41) is 4.09. The van der Waals surface area contributed by atoms with Crippen molar-refractivity contribution in [3.05, 3.63) is 47.5 Å². The van der Waals surface area contributed by atoms with Crippen LogP contribution in [0.25, 0.3) is 0 Å².